The van der Waals surface area contributed by atoms with Gasteiger partial charge in [-0.1, -0.05) is 60.7 Å². The number of hydrogen-bond donors (Lipinski definition) is 1. The van der Waals surface area contributed by atoms with Gasteiger partial charge in [0, 0.05) is 27.9 Å². The molecule has 1 atom stereocenters. The number of nitrogens with zero attached hydrogens (tertiary/aromatic N) is 1. The molecule has 0 aliphatic rings. The van der Waals surface area contributed by atoms with Crippen molar-refractivity contribution >= 4 is 34.3 Å². The molecule has 4 aromatic rings. The fourth-order valence-electron chi connectivity index (χ4n) is 3.57. The fraction of sp³-hybridized carbons (Fsp3) is 0.111. The van der Waals surface area contributed by atoms with Crippen molar-refractivity contribution in [1.29, 1.82) is 0 Å². The number of ketones is 1. The number of benzene rings is 3. The first kappa shape index (κ1) is 21.9. The number of anilines is 1. The largest absolute Gasteiger partial charge is 0.444 e. The highest BCUT2D eigenvalue weighted by Gasteiger charge is 2.27. The van der Waals surface area contributed by atoms with E-state index in [9.17, 15) is 14.4 Å². The number of Topliss-reactive ketones (excluding diaryl/α,β-unsaturated/α-hetero) is 1. The Morgan fingerprint density at radius 2 is 1.61 bits per heavy atom. The van der Waals surface area contributed by atoms with E-state index in [2.05, 4.69) is 10.3 Å². The highest BCUT2D eigenvalue weighted by molar-refractivity contribution is 6.05. The molecule has 0 bridgehead atoms. The predicted octanol–water partition coefficient (Wildman–Crippen LogP) is 5.28. The second-order valence-corrected chi connectivity index (χ2v) is 7.65. The summed E-state index contributed by atoms with van der Waals surface area (Å²) >= 11 is 0. The Hall–Kier alpha value is -4.32. The predicted molar refractivity (Wildman–Crippen MR) is 126 cm³/mol. The number of rotatable bonds is 6. The van der Waals surface area contributed by atoms with Gasteiger partial charge in [0.15, 0.2) is 5.78 Å². The standard InChI is InChI=1S/C27H22N2O4/c1-17-15-23(22-13-6-7-14-24(22)28-17)27(32)33-25(19-9-4-3-5-10-19)26(31)29-21-12-8-11-20(16-21)18(2)30/h3-16,25H,1-2H3,(H,29,31). The summed E-state index contributed by atoms with van der Waals surface area (Å²) < 4.78 is 5.75. The number of hydrogen-bond acceptors (Lipinski definition) is 5. The van der Waals surface area contributed by atoms with Crippen molar-refractivity contribution in [2.75, 3.05) is 5.32 Å². The Morgan fingerprint density at radius 1 is 0.879 bits per heavy atom. The van der Waals surface area contributed by atoms with E-state index in [1.165, 1.54) is 6.92 Å². The van der Waals surface area contributed by atoms with Gasteiger partial charge in [-0.25, -0.2) is 4.79 Å². The smallest absolute Gasteiger partial charge is 0.340 e. The molecule has 1 N–H and O–H groups in total. The maximum absolute atomic E-state index is 13.2. The molecular weight excluding hydrogens is 416 g/mol. The van der Waals surface area contributed by atoms with Crippen LogP contribution in [0.3, 0.4) is 0 Å². The molecule has 6 heteroatoms. The van der Waals surface area contributed by atoms with Gasteiger partial charge in [-0.3, -0.25) is 14.6 Å². The third-order valence-electron chi connectivity index (χ3n) is 5.17. The Balaban J connectivity index is 1.66. The zero-order valence-corrected chi connectivity index (χ0v) is 18.2. The summed E-state index contributed by atoms with van der Waals surface area (Å²) in [4.78, 5) is 42.6. The summed E-state index contributed by atoms with van der Waals surface area (Å²) in [6.07, 6.45) is -1.19. The van der Waals surface area contributed by atoms with Gasteiger partial charge in [-0.2, -0.15) is 0 Å². The Kier molecular flexibility index (Phi) is 6.26. The van der Waals surface area contributed by atoms with Crippen LogP contribution in [-0.4, -0.2) is 22.6 Å². The topological polar surface area (TPSA) is 85.4 Å². The van der Waals surface area contributed by atoms with E-state index in [0.29, 0.717) is 39.0 Å². The number of carbonyl (C=O) groups is 3. The van der Waals surface area contributed by atoms with Gasteiger partial charge in [0.1, 0.15) is 0 Å². The van der Waals surface area contributed by atoms with Gasteiger partial charge in [0.25, 0.3) is 5.91 Å². The van der Waals surface area contributed by atoms with Crippen LogP contribution in [0.4, 0.5) is 5.69 Å². The highest BCUT2D eigenvalue weighted by Crippen LogP contribution is 2.25. The van der Waals surface area contributed by atoms with Gasteiger partial charge >= 0.3 is 5.97 Å². The molecule has 0 radical (unpaired) electrons. The van der Waals surface area contributed by atoms with Crippen molar-refractivity contribution in [2.45, 2.75) is 20.0 Å². The fourth-order valence-corrected chi connectivity index (χ4v) is 3.57. The van der Waals surface area contributed by atoms with Crippen LogP contribution >= 0.6 is 0 Å². The number of esters is 1. The molecule has 0 spiro atoms. The molecule has 0 aliphatic carbocycles. The van der Waals surface area contributed by atoms with Gasteiger partial charge in [0.05, 0.1) is 11.1 Å². The molecule has 33 heavy (non-hydrogen) atoms. The number of ether oxygens (including phenoxy) is 1. The monoisotopic (exact) mass is 438 g/mol. The average molecular weight is 438 g/mol. The van der Waals surface area contributed by atoms with Crippen molar-refractivity contribution < 1.29 is 19.1 Å². The SMILES string of the molecule is CC(=O)c1cccc(NC(=O)C(OC(=O)c2cc(C)nc3ccccc23)c2ccccc2)c1. The minimum atomic E-state index is -1.19. The lowest BCUT2D eigenvalue weighted by molar-refractivity contribution is -0.125. The minimum Gasteiger partial charge on any atom is -0.444 e. The summed E-state index contributed by atoms with van der Waals surface area (Å²) in [6.45, 7) is 3.25. The normalized spacial score (nSPS) is 11.6. The van der Waals surface area contributed by atoms with Crippen LogP contribution in [0.15, 0.2) is 84.9 Å². The molecule has 4 rings (SSSR count). The van der Waals surface area contributed by atoms with Crippen LogP contribution in [0.2, 0.25) is 0 Å². The van der Waals surface area contributed by atoms with Crippen molar-refractivity contribution in [1.82, 2.24) is 4.98 Å². The first-order valence-electron chi connectivity index (χ1n) is 10.5. The number of aryl methyl sites for hydroxylation is 1. The van der Waals surface area contributed by atoms with E-state index in [1.54, 1.807) is 67.6 Å². The van der Waals surface area contributed by atoms with E-state index in [-0.39, 0.29) is 5.78 Å². The lowest BCUT2D eigenvalue weighted by Crippen LogP contribution is -2.26. The first-order valence-corrected chi connectivity index (χ1v) is 10.5. The molecule has 0 saturated carbocycles. The summed E-state index contributed by atoms with van der Waals surface area (Å²) in [6, 6.07) is 24.3. The first-order chi connectivity index (χ1) is 15.9. The molecule has 0 fully saturated rings. The average Bonchev–Trinajstić information content (AvgIpc) is 2.82. The Bertz CT molecular complexity index is 1350. The molecular formula is C27H22N2O4. The number of amides is 1. The summed E-state index contributed by atoms with van der Waals surface area (Å²) in [5.41, 5.74) is 3.12. The van der Waals surface area contributed by atoms with Crippen LogP contribution in [0.25, 0.3) is 10.9 Å². The third-order valence-corrected chi connectivity index (χ3v) is 5.17. The molecule has 0 aliphatic heterocycles. The van der Waals surface area contributed by atoms with Crippen molar-refractivity contribution in [2.24, 2.45) is 0 Å². The number of para-hydroxylation sites is 1. The van der Waals surface area contributed by atoms with Crippen molar-refractivity contribution in [3.63, 3.8) is 0 Å². The lowest BCUT2D eigenvalue weighted by atomic mass is 10.1. The summed E-state index contributed by atoms with van der Waals surface area (Å²) in [7, 11) is 0. The third kappa shape index (κ3) is 4.96. The highest BCUT2D eigenvalue weighted by atomic mass is 16.5. The zero-order valence-electron chi connectivity index (χ0n) is 18.2. The lowest BCUT2D eigenvalue weighted by Gasteiger charge is -2.19. The van der Waals surface area contributed by atoms with Crippen LogP contribution < -0.4 is 5.32 Å². The Labute approximate surface area is 191 Å². The van der Waals surface area contributed by atoms with Gasteiger partial charge in [-0.15, -0.1) is 0 Å². The second kappa shape index (κ2) is 9.44. The van der Waals surface area contributed by atoms with Crippen molar-refractivity contribution in [3.8, 4) is 0 Å². The maximum atomic E-state index is 13.2. The Morgan fingerprint density at radius 3 is 2.36 bits per heavy atom. The quantitative estimate of drug-likeness (QED) is 0.327. The van der Waals surface area contributed by atoms with Gasteiger partial charge in [0.2, 0.25) is 6.10 Å². The molecule has 1 heterocycles. The molecule has 3 aromatic carbocycles. The van der Waals surface area contributed by atoms with Gasteiger partial charge < -0.3 is 10.1 Å². The number of pyridine rings is 1. The van der Waals surface area contributed by atoms with Crippen LogP contribution in [-0.2, 0) is 9.53 Å². The van der Waals surface area contributed by atoms with E-state index < -0.39 is 18.0 Å². The van der Waals surface area contributed by atoms with E-state index in [1.807, 2.05) is 24.3 Å². The van der Waals surface area contributed by atoms with Crippen LogP contribution in [0.5, 0.6) is 0 Å². The second-order valence-electron chi connectivity index (χ2n) is 7.65. The van der Waals surface area contributed by atoms with E-state index in [0.717, 1.165) is 0 Å². The molecule has 164 valence electrons. The number of nitrogens with one attached hydrogen (secondary N) is 1. The maximum Gasteiger partial charge on any atom is 0.340 e. The summed E-state index contributed by atoms with van der Waals surface area (Å²) in [5.74, 6) is -1.26. The zero-order chi connectivity index (χ0) is 23.4. The number of aromatic nitrogens is 1. The molecule has 0 saturated heterocycles. The van der Waals surface area contributed by atoms with Crippen LogP contribution in [0, 0.1) is 6.92 Å². The van der Waals surface area contributed by atoms with E-state index in [4.69, 9.17) is 4.74 Å². The number of fused-ring (bicyclic) bond motifs is 1. The molecule has 6 nitrogen and oxygen atoms in total. The van der Waals surface area contributed by atoms with Crippen molar-refractivity contribution in [3.05, 3.63) is 107 Å². The molecule has 1 amide bonds. The molecule has 1 unspecified atom stereocenters. The summed E-state index contributed by atoms with van der Waals surface area (Å²) in [5, 5.41) is 3.41. The van der Waals surface area contributed by atoms with Gasteiger partial charge in [-0.05, 0) is 38.1 Å². The minimum absolute atomic E-state index is 0.114. The number of carbonyl (C=O) groups excluding carboxylic acids is 3. The van der Waals surface area contributed by atoms with Crippen LogP contribution in [0.1, 0.15) is 45.0 Å². The van der Waals surface area contributed by atoms with E-state index >= 15 is 0 Å². The molecule has 1 aromatic heterocycles.